The molecule has 1 fully saturated rings. The molecule has 0 spiro atoms. The number of carbonyl (C=O) groups is 3. The topological polar surface area (TPSA) is 84.9 Å². The van der Waals surface area contributed by atoms with Gasteiger partial charge in [-0.1, -0.05) is 17.7 Å². The lowest BCUT2D eigenvalue weighted by Crippen LogP contribution is -2.41. The second-order valence-corrected chi connectivity index (χ2v) is 7.62. The molecule has 0 bridgehead atoms. The number of benzene rings is 2. The van der Waals surface area contributed by atoms with Crippen LogP contribution in [0.2, 0.25) is 0 Å². The quantitative estimate of drug-likeness (QED) is 0.563. The molecule has 1 saturated heterocycles. The molecule has 0 aromatic heterocycles. The Morgan fingerprint density at radius 2 is 1.74 bits per heavy atom. The monoisotopic (exact) mass is 424 g/mol. The zero-order valence-electron chi connectivity index (χ0n) is 17.9. The van der Waals surface area contributed by atoms with Gasteiger partial charge >= 0.3 is 6.16 Å². The first-order chi connectivity index (χ1) is 15.0. The maximum Gasteiger partial charge on any atom is 0.513 e. The number of carbonyl (C=O) groups excluding carboxylic acids is 3. The van der Waals surface area contributed by atoms with Gasteiger partial charge in [-0.3, -0.25) is 9.59 Å². The van der Waals surface area contributed by atoms with Crippen LogP contribution in [0.15, 0.2) is 48.5 Å². The van der Waals surface area contributed by atoms with Crippen LogP contribution in [0.1, 0.15) is 46.0 Å². The van der Waals surface area contributed by atoms with Gasteiger partial charge in [0.2, 0.25) is 0 Å². The van der Waals surface area contributed by atoms with E-state index in [1.807, 2.05) is 36.1 Å². The molecule has 2 amide bonds. The third-order valence-electron chi connectivity index (χ3n) is 5.30. The lowest BCUT2D eigenvalue weighted by molar-refractivity contribution is 0.0684. The molecule has 7 nitrogen and oxygen atoms in total. The Balaban J connectivity index is 1.45. The van der Waals surface area contributed by atoms with Crippen molar-refractivity contribution in [1.82, 2.24) is 10.2 Å². The first-order valence-electron chi connectivity index (χ1n) is 10.5. The van der Waals surface area contributed by atoms with E-state index in [2.05, 4.69) is 5.32 Å². The number of rotatable bonds is 6. The van der Waals surface area contributed by atoms with Crippen LogP contribution in [0.25, 0.3) is 0 Å². The Kier molecular flexibility index (Phi) is 7.65. The summed E-state index contributed by atoms with van der Waals surface area (Å²) in [6, 6.07) is 14.0. The third-order valence-corrected chi connectivity index (χ3v) is 5.30. The highest BCUT2D eigenvalue weighted by atomic mass is 16.7. The van der Waals surface area contributed by atoms with Crippen LogP contribution in [0.4, 0.5) is 4.79 Å². The predicted molar refractivity (Wildman–Crippen MR) is 116 cm³/mol. The van der Waals surface area contributed by atoms with Gasteiger partial charge in [0.1, 0.15) is 5.75 Å². The fraction of sp³-hybridized carbons (Fsp3) is 0.375. The van der Waals surface area contributed by atoms with Gasteiger partial charge in [0.05, 0.1) is 6.61 Å². The van der Waals surface area contributed by atoms with Crippen molar-refractivity contribution in [1.29, 1.82) is 0 Å². The summed E-state index contributed by atoms with van der Waals surface area (Å²) in [7, 11) is 0. The van der Waals surface area contributed by atoms with Gasteiger partial charge in [-0.05, 0) is 69.0 Å². The van der Waals surface area contributed by atoms with Gasteiger partial charge in [-0.25, -0.2) is 4.79 Å². The summed E-state index contributed by atoms with van der Waals surface area (Å²) in [5.74, 6) is 0.563. The van der Waals surface area contributed by atoms with Crippen molar-refractivity contribution in [2.75, 3.05) is 26.2 Å². The lowest BCUT2D eigenvalue weighted by atomic mass is 9.96. The summed E-state index contributed by atoms with van der Waals surface area (Å²) in [5, 5.41) is 3.01. The van der Waals surface area contributed by atoms with Crippen LogP contribution in [-0.2, 0) is 4.74 Å². The molecule has 164 valence electrons. The number of nitrogens with zero attached hydrogens (tertiary/aromatic N) is 1. The van der Waals surface area contributed by atoms with Gasteiger partial charge in [-0.15, -0.1) is 0 Å². The number of nitrogens with one attached hydrogen (secondary N) is 1. The second kappa shape index (κ2) is 10.6. The highest BCUT2D eigenvalue weighted by Crippen LogP contribution is 2.20. The standard InChI is InChI=1S/C24H28N2O5/c1-3-30-24(29)31-21-9-7-19(8-10-21)23(28)26-13-11-18(12-14-26)16-25-22(27)20-6-4-5-17(2)15-20/h4-10,15,18H,3,11-14,16H2,1-2H3,(H,25,27). The summed E-state index contributed by atoms with van der Waals surface area (Å²) in [4.78, 5) is 38.2. The van der Waals surface area contributed by atoms with Gasteiger partial charge < -0.3 is 19.7 Å². The van der Waals surface area contributed by atoms with Crippen LogP contribution in [-0.4, -0.2) is 49.1 Å². The maximum absolute atomic E-state index is 12.7. The predicted octanol–water partition coefficient (Wildman–Crippen LogP) is 3.81. The number of piperidine rings is 1. The van der Waals surface area contributed by atoms with E-state index in [4.69, 9.17) is 9.47 Å². The zero-order chi connectivity index (χ0) is 22.2. The van der Waals surface area contributed by atoms with E-state index in [0.717, 1.165) is 18.4 Å². The van der Waals surface area contributed by atoms with Crippen LogP contribution < -0.4 is 10.1 Å². The molecule has 2 aromatic rings. The minimum atomic E-state index is -0.766. The van der Waals surface area contributed by atoms with Crippen molar-refractivity contribution in [2.24, 2.45) is 5.92 Å². The van der Waals surface area contributed by atoms with E-state index in [-0.39, 0.29) is 18.4 Å². The van der Waals surface area contributed by atoms with E-state index >= 15 is 0 Å². The first-order valence-corrected chi connectivity index (χ1v) is 10.5. The molecule has 1 aliphatic heterocycles. The smallest absolute Gasteiger partial charge is 0.434 e. The Labute approximate surface area is 182 Å². The number of ether oxygens (including phenoxy) is 2. The molecule has 2 aromatic carbocycles. The SMILES string of the molecule is CCOC(=O)Oc1ccc(C(=O)N2CCC(CNC(=O)c3cccc(C)c3)CC2)cc1. The number of hydrogen-bond donors (Lipinski definition) is 1. The maximum atomic E-state index is 12.7. The molecular weight excluding hydrogens is 396 g/mol. The van der Waals surface area contributed by atoms with Crippen molar-refractivity contribution in [3.8, 4) is 5.75 Å². The average Bonchev–Trinajstić information content (AvgIpc) is 2.78. The first kappa shape index (κ1) is 22.3. The van der Waals surface area contributed by atoms with Crippen LogP contribution in [0, 0.1) is 12.8 Å². The highest BCUT2D eigenvalue weighted by Gasteiger charge is 2.24. The molecule has 3 rings (SSSR count). The number of amides is 2. The van der Waals surface area contributed by atoms with Crippen molar-refractivity contribution in [3.63, 3.8) is 0 Å². The Morgan fingerprint density at radius 1 is 1.03 bits per heavy atom. The van der Waals surface area contributed by atoms with E-state index < -0.39 is 6.16 Å². The van der Waals surface area contributed by atoms with E-state index in [1.165, 1.54) is 0 Å². The molecule has 0 atom stereocenters. The molecular formula is C24H28N2O5. The number of likely N-dealkylation sites (tertiary alicyclic amines) is 1. The Morgan fingerprint density at radius 3 is 2.39 bits per heavy atom. The van der Waals surface area contributed by atoms with Crippen molar-refractivity contribution in [3.05, 3.63) is 65.2 Å². The van der Waals surface area contributed by atoms with Crippen molar-refractivity contribution < 1.29 is 23.9 Å². The van der Waals surface area contributed by atoms with Crippen LogP contribution in [0.3, 0.4) is 0 Å². The molecule has 0 unspecified atom stereocenters. The minimum Gasteiger partial charge on any atom is -0.434 e. The largest absolute Gasteiger partial charge is 0.513 e. The van der Waals surface area contributed by atoms with Crippen molar-refractivity contribution in [2.45, 2.75) is 26.7 Å². The molecule has 1 aliphatic rings. The van der Waals surface area contributed by atoms with Crippen molar-refractivity contribution >= 4 is 18.0 Å². The molecule has 7 heteroatoms. The summed E-state index contributed by atoms with van der Waals surface area (Å²) in [6.45, 7) is 5.79. The normalized spacial score (nSPS) is 14.1. The summed E-state index contributed by atoms with van der Waals surface area (Å²) in [6.07, 6.45) is 0.909. The molecule has 1 N–H and O–H groups in total. The Hall–Kier alpha value is -3.35. The second-order valence-electron chi connectivity index (χ2n) is 7.62. The molecule has 31 heavy (non-hydrogen) atoms. The van der Waals surface area contributed by atoms with Gasteiger partial charge in [0.15, 0.2) is 0 Å². The van der Waals surface area contributed by atoms with Gasteiger partial charge in [0, 0.05) is 30.8 Å². The third kappa shape index (κ3) is 6.31. The molecule has 1 heterocycles. The minimum absolute atomic E-state index is 0.0510. The van der Waals surface area contributed by atoms with E-state index in [9.17, 15) is 14.4 Å². The summed E-state index contributed by atoms with van der Waals surface area (Å²) >= 11 is 0. The fourth-order valence-corrected chi connectivity index (χ4v) is 3.56. The zero-order valence-corrected chi connectivity index (χ0v) is 17.9. The summed E-state index contributed by atoms with van der Waals surface area (Å²) < 4.78 is 9.74. The molecule has 0 saturated carbocycles. The van der Waals surface area contributed by atoms with Gasteiger partial charge in [0.25, 0.3) is 11.8 Å². The summed E-state index contributed by atoms with van der Waals surface area (Å²) in [5.41, 5.74) is 2.27. The number of aryl methyl sites for hydroxylation is 1. The number of hydrogen-bond acceptors (Lipinski definition) is 5. The molecule has 0 radical (unpaired) electrons. The van der Waals surface area contributed by atoms with Crippen LogP contribution >= 0.6 is 0 Å². The average molecular weight is 424 g/mol. The van der Waals surface area contributed by atoms with Crippen LogP contribution in [0.5, 0.6) is 5.75 Å². The molecule has 0 aliphatic carbocycles. The lowest BCUT2D eigenvalue weighted by Gasteiger charge is -2.32. The van der Waals surface area contributed by atoms with Gasteiger partial charge in [-0.2, -0.15) is 0 Å². The van der Waals surface area contributed by atoms with E-state index in [0.29, 0.717) is 42.4 Å². The Bertz CT molecular complexity index is 918. The fourth-order valence-electron chi connectivity index (χ4n) is 3.56. The van der Waals surface area contributed by atoms with E-state index in [1.54, 1.807) is 31.2 Å². The highest BCUT2D eigenvalue weighted by molar-refractivity contribution is 5.95.